The van der Waals surface area contributed by atoms with E-state index in [4.69, 9.17) is 4.74 Å². The minimum atomic E-state index is -1.08. The Morgan fingerprint density at radius 2 is 1.48 bits per heavy atom. The predicted molar refractivity (Wildman–Crippen MR) is 101 cm³/mol. The van der Waals surface area contributed by atoms with Crippen LogP contribution in [0, 0.1) is 0 Å². The van der Waals surface area contributed by atoms with Crippen molar-refractivity contribution >= 4 is 28.6 Å². The van der Waals surface area contributed by atoms with Crippen molar-refractivity contribution in [3.63, 3.8) is 0 Å². The lowest BCUT2D eigenvalue weighted by Gasteiger charge is -2.15. The molecule has 6 heteroatoms. The van der Waals surface area contributed by atoms with Crippen LogP contribution in [-0.4, -0.2) is 23.9 Å². The van der Waals surface area contributed by atoms with Crippen LogP contribution in [0.4, 0.5) is 0 Å². The van der Waals surface area contributed by atoms with Crippen molar-refractivity contribution in [2.45, 2.75) is 13.0 Å². The average molecular weight is 362 g/mol. The number of carbonyl (C=O) groups is 3. The average Bonchev–Trinajstić information content (AvgIpc) is 2.71. The van der Waals surface area contributed by atoms with Crippen molar-refractivity contribution in [3.05, 3.63) is 83.9 Å². The molecule has 0 aliphatic rings. The minimum absolute atomic E-state index is 0.376. The molecule has 0 saturated carbocycles. The molecule has 27 heavy (non-hydrogen) atoms. The Balaban J connectivity index is 1.60. The second-order valence-corrected chi connectivity index (χ2v) is 5.88. The fourth-order valence-electron chi connectivity index (χ4n) is 2.56. The van der Waals surface area contributed by atoms with Gasteiger partial charge in [-0.1, -0.05) is 54.6 Å². The number of amides is 2. The fourth-order valence-corrected chi connectivity index (χ4v) is 2.56. The zero-order valence-corrected chi connectivity index (χ0v) is 14.6. The van der Waals surface area contributed by atoms with E-state index in [-0.39, 0.29) is 0 Å². The van der Waals surface area contributed by atoms with Gasteiger partial charge in [0.15, 0.2) is 6.10 Å². The van der Waals surface area contributed by atoms with Crippen molar-refractivity contribution in [1.82, 2.24) is 10.9 Å². The normalized spacial score (nSPS) is 11.4. The van der Waals surface area contributed by atoms with Crippen LogP contribution < -0.4 is 10.9 Å². The summed E-state index contributed by atoms with van der Waals surface area (Å²) in [7, 11) is 0. The summed E-state index contributed by atoms with van der Waals surface area (Å²) in [5, 5.41) is 1.65. The molecule has 136 valence electrons. The quantitative estimate of drug-likeness (QED) is 0.552. The van der Waals surface area contributed by atoms with Crippen LogP contribution in [0.1, 0.15) is 27.6 Å². The lowest BCUT2D eigenvalue weighted by atomic mass is 10.0. The molecule has 0 radical (unpaired) electrons. The van der Waals surface area contributed by atoms with E-state index < -0.39 is 23.9 Å². The molecule has 0 spiro atoms. The van der Waals surface area contributed by atoms with Gasteiger partial charge in [-0.15, -0.1) is 0 Å². The van der Waals surface area contributed by atoms with E-state index in [0.717, 1.165) is 10.8 Å². The highest BCUT2D eigenvalue weighted by atomic mass is 16.5. The van der Waals surface area contributed by atoms with Gasteiger partial charge in [-0.3, -0.25) is 20.4 Å². The molecule has 3 aromatic rings. The Labute approximate surface area is 156 Å². The molecule has 0 aliphatic heterocycles. The first-order valence-corrected chi connectivity index (χ1v) is 8.40. The number of hydrogen-bond acceptors (Lipinski definition) is 4. The fraction of sp³-hybridized carbons (Fsp3) is 0.0952. The van der Waals surface area contributed by atoms with E-state index in [0.29, 0.717) is 11.1 Å². The Kier molecular flexibility index (Phi) is 5.47. The molecule has 2 amide bonds. The highest BCUT2D eigenvalue weighted by Gasteiger charge is 2.20. The zero-order valence-electron chi connectivity index (χ0n) is 14.6. The van der Waals surface area contributed by atoms with Crippen molar-refractivity contribution < 1.29 is 19.1 Å². The number of ether oxygens (including phenoxy) is 1. The third-order valence-corrected chi connectivity index (χ3v) is 4.00. The summed E-state index contributed by atoms with van der Waals surface area (Å²) in [5.74, 6) is -1.70. The van der Waals surface area contributed by atoms with Gasteiger partial charge in [0.05, 0.1) is 5.56 Å². The molecule has 2 N–H and O–H groups in total. The number of nitrogens with one attached hydrogen (secondary N) is 2. The Hall–Kier alpha value is -3.67. The first kappa shape index (κ1) is 18.1. The maximum absolute atomic E-state index is 12.4. The summed E-state index contributed by atoms with van der Waals surface area (Å²) in [6, 6.07) is 21.1. The van der Waals surface area contributed by atoms with Gasteiger partial charge < -0.3 is 4.74 Å². The van der Waals surface area contributed by atoms with Gasteiger partial charge in [0.1, 0.15) is 0 Å². The summed E-state index contributed by atoms with van der Waals surface area (Å²) in [4.78, 5) is 36.5. The van der Waals surface area contributed by atoms with E-state index in [1.165, 1.54) is 6.92 Å². The van der Waals surface area contributed by atoms with Crippen LogP contribution in [-0.2, 0) is 9.53 Å². The molecule has 0 fully saturated rings. The van der Waals surface area contributed by atoms with Crippen LogP contribution >= 0.6 is 0 Å². The van der Waals surface area contributed by atoms with E-state index in [2.05, 4.69) is 10.9 Å². The number of benzene rings is 3. The Morgan fingerprint density at radius 1 is 0.815 bits per heavy atom. The number of rotatable bonds is 4. The van der Waals surface area contributed by atoms with Crippen molar-refractivity contribution in [2.24, 2.45) is 0 Å². The second-order valence-electron chi connectivity index (χ2n) is 5.88. The molecule has 0 saturated heterocycles. The molecule has 0 aliphatic carbocycles. The van der Waals surface area contributed by atoms with Crippen LogP contribution in [0.5, 0.6) is 0 Å². The lowest BCUT2D eigenvalue weighted by molar-refractivity contribution is -0.129. The third kappa shape index (κ3) is 4.30. The monoisotopic (exact) mass is 362 g/mol. The van der Waals surface area contributed by atoms with Gasteiger partial charge in [0, 0.05) is 5.56 Å². The second kappa shape index (κ2) is 8.14. The molecule has 6 nitrogen and oxygen atoms in total. The molecular weight excluding hydrogens is 344 g/mol. The highest BCUT2D eigenvalue weighted by molar-refractivity contribution is 6.05. The summed E-state index contributed by atoms with van der Waals surface area (Å²) >= 11 is 0. The molecule has 1 atom stereocenters. The van der Waals surface area contributed by atoms with Crippen molar-refractivity contribution in [1.29, 1.82) is 0 Å². The first-order valence-electron chi connectivity index (χ1n) is 8.40. The largest absolute Gasteiger partial charge is 0.449 e. The molecule has 3 rings (SSSR count). The van der Waals surface area contributed by atoms with Crippen molar-refractivity contribution in [3.8, 4) is 0 Å². The van der Waals surface area contributed by atoms with E-state index in [1.807, 2.05) is 30.3 Å². The first-order chi connectivity index (χ1) is 13.1. The van der Waals surface area contributed by atoms with Crippen LogP contribution in [0.2, 0.25) is 0 Å². The number of fused-ring (bicyclic) bond motifs is 1. The molecule has 0 bridgehead atoms. The predicted octanol–water partition coefficient (Wildman–Crippen LogP) is 2.85. The van der Waals surface area contributed by atoms with Gasteiger partial charge in [-0.2, -0.15) is 0 Å². The molecular formula is C21H18N2O4. The van der Waals surface area contributed by atoms with Gasteiger partial charge in [0.2, 0.25) is 0 Å². The maximum atomic E-state index is 12.4. The SMILES string of the molecule is C[C@@H](OC(=O)c1cccc2ccccc12)C(=O)NNC(=O)c1ccccc1. The number of esters is 1. The molecule has 0 aromatic heterocycles. The Morgan fingerprint density at radius 3 is 2.26 bits per heavy atom. The van der Waals surface area contributed by atoms with Gasteiger partial charge in [-0.25, -0.2) is 4.79 Å². The number of hydrogen-bond donors (Lipinski definition) is 2. The Bertz CT molecular complexity index is 980. The topological polar surface area (TPSA) is 84.5 Å². The number of hydrazine groups is 1. The standard InChI is InChI=1S/C21H18N2O4/c1-14(19(24)22-23-20(25)16-9-3-2-4-10-16)27-21(26)18-13-7-11-15-8-5-6-12-17(15)18/h2-14H,1H3,(H,22,24)(H,23,25)/t14-/m1/s1. The lowest BCUT2D eigenvalue weighted by Crippen LogP contribution is -2.46. The van der Waals surface area contributed by atoms with Gasteiger partial charge in [-0.05, 0) is 35.9 Å². The number of carbonyl (C=O) groups excluding carboxylic acids is 3. The molecule has 0 unspecified atom stereocenters. The highest BCUT2D eigenvalue weighted by Crippen LogP contribution is 2.19. The smallest absolute Gasteiger partial charge is 0.339 e. The van der Waals surface area contributed by atoms with E-state index in [1.54, 1.807) is 42.5 Å². The van der Waals surface area contributed by atoms with E-state index >= 15 is 0 Å². The maximum Gasteiger partial charge on any atom is 0.339 e. The summed E-state index contributed by atoms with van der Waals surface area (Å²) < 4.78 is 5.24. The van der Waals surface area contributed by atoms with Crippen LogP contribution in [0.25, 0.3) is 10.8 Å². The summed E-state index contributed by atoms with van der Waals surface area (Å²) in [6.07, 6.45) is -1.08. The summed E-state index contributed by atoms with van der Waals surface area (Å²) in [5.41, 5.74) is 5.33. The third-order valence-electron chi connectivity index (χ3n) is 4.00. The summed E-state index contributed by atoms with van der Waals surface area (Å²) in [6.45, 7) is 1.44. The minimum Gasteiger partial charge on any atom is -0.449 e. The van der Waals surface area contributed by atoms with Crippen molar-refractivity contribution in [2.75, 3.05) is 0 Å². The molecule has 0 heterocycles. The van der Waals surface area contributed by atoms with Gasteiger partial charge >= 0.3 is 5.97 Å². The molecule has 3 aromatic carbocycles. The van der Waals surface area contributed by atoms with E-state index in [9.17, 15) is 14.4 Å². The van der Waals surface area contributed by atoms with Crippen LogP contribution in [0.3, 0.4) is 0 Å². The zero-order chi connectivity index (χ0) is 19.2. The van der Waals surface area contributed by atoms with Gasteiger partial charge in [0.25, 0.3) is 11.8 Å². The van der Waals surface area contributed by atoms with Crippen LogP contribution in [0.15, 0.2) is 72.8 Å².